The highest BCUT2D eigenvalue weighted by molar-refractivity contribution is 6.11. The molecule has 1 heterocycles. The van der Waals surface area contributed by atoms with Crippen molar-refractivity contribution in [2.45, 2.75) is 6.54 Å². The van der Waals surface area contributed by atoms with E-state index >= 15 is 0 Å². The molecule has 26 heavy (non-hydrogen) atoms. The molecule has 0 N–H and O–H groups in total. The predicted molar refractivity (Wildman–Crippen MR) is 104 cm³/mol. The van der Waals surface area contributed by atoms with Gasteiger partial charge in [0.15, 0.2) is 0 Å². The number of hydrogen-bond donors (Lipinski definition) is 0. The number of fused-ring (bicyclic) bond motifs is 1. The lowest BCUT2D eigenvalue weighted by atomic mass is 10.1. The Morgan fingerprint density at radius 3 is 2.27 bits per heavy atom. The van der Waals surface area contributed by atoms with Gasteiger partial charge in [0.2, 0.25) is 0 Å². The van der Waals surface area contributed by atoms with Gasteiger partial charge < -0.3 is 9.64 Å². The van der Waals surface area contributed by atoms with Gasteiger partial charge >= 0.3 is 0 Å². The van der Waals surface area contributed by atoms with E-state index in [0.29, 0.717) is 12.1 Å². The van der Waals surface area contributed by atoms with E-state index in [2.05, 4.69) is 6.08 Å². The normalized spacial score (nSPS) is 14.6. The highest BCUT2D eigenvalue weighted by Crippen LogP contribution is 2.37. The summed E-state index contributed by atoms with van der Waals surface area (Å²) in [5.41, 5.74) is 4.68. The molecule has 0 aromatic heterocycles. The van der Waals surface area contributed by atoms with Gasteiger partial charge in [0.05, 0.1) is 19.4 Å². The Hall–Kier alpha value is -3.33. The van der Waals surface area contributed by atoms with Crippen LogP contribution in [0.1, 0.15) is 27.0 Å². The lowest BCUT2D eigenvalue weighted by Gasteiger charge is -2.19. The largest absolute Gasteiger partial charge is 0.497 e. The first-order valence-corrected chi connectivity index (χ1v) is 8.57. The molecule has 1 amide bonds. The summed E-state index contributed by atoms with van der Waals surface area (Å²) in [7, 11) is 1.64. The van der Waals surface area contributed by atoms with Gasteiger partial charge in [0, 0.05) is 11.1 Å². The van der Waals surface area contributed by atoms with Gasteiger partial charge in [-0.1, -0.05) is 60.7 Å². The third-order valence-corrected chi connectivity index (χ3v) is 4.56. The van der Waals surface area contributed by atoms with Crippen molar-refractivity contribution in [2.75, 3.05) is 7.11 Å². The minimum absolute atomic E-state index is 0.0219. The van der Waals surface area contributed by atoms with Crippen molar-refractivity contribution in [2.24, 2.45) is 0 Å². The van der Waals surface area contributed by atoms with Crippen LogP contribution in [0.2, 0.25) is 0 Å². The summed E-state index contributed by atoms with van der Waals surface area (Å²) in [4.78, 5) is 14.9. The highest BCUT2D eigenvalue weighted by Gasteiger charge is 2.32. The number of ether oxygens (including phenoxy) is 1. The van der Waals surface area contributed by atoms with Crippen LogP contribution in [0.15, 0.2) is 78.9 Å². The van der Waals surface area contributed by atoms with Gasteiger partial charge in [-0.2, -0.15) is 0 Å². The number of amides is 1. The van der Waals surface area contributed by atoms with Crippen molar-refractivity contribution in [1.82, 2.24) is 4.90 Å². The summed E-state index contributed by atoms with van der Waals surface area (Å²) in [6.07, 6.45) is 2.06. The summed E-state index contributed by atoms with van der Waals surface area (Å²) in [6, 6.07) is 25.7. The number of nitrogens with zero attached hydrogens (tertiary/aromatic N) is 1. The number of methoxy groups -OCH3 is 1. The van der Waals surface area contributed by atoms with E-state index in [4.69, 9.17) is 4.74 Å². The summed E-state index contributed by atoms with van der Waals surface area (Å²) >= 11 is 0. The molecule has 3 aromatic carbocycles. The fraction of sp³-hybridized carbons (Fsp3) is 0.0870. The minimum atomic E-state index is 0.0219. The van der Waals surface area contributed by atoms with Crippen LogP contribution in [-0.4, -0.2) is 17.9 Å². The predicted octanol–water partition coefficient (Wildman–Crippen LogP) is 4.85. The van der Waals surface area contributed by atoms with Crippen LogP contribution in [0.25, 0.3) is 11.8 Å². The second-order valence-corrected chi connectivity index (χ2v) is 6.23. The molecule has 1 aliphatic rings. The van der Waals surface area contributed by atoms with E-state index in [9.17, 15) is 4.79 Å². The summed E-state index contributed by atoms with van der Waals surface area (Å²) in [5, 5.41) is 0. The lowest BCUT2D eigenvalue weighted by Crippen LogP contribution is -2.22. The number of carbonyl (C=O) groups is 1. The van der Waals surface area contributed by atoms with Crippen LogP contribution in [0, 0.1) is 0 Å². The van der Waals surface area contributed by atoms with Gasteiger partial charge in [0.1, 0.15) is 5.75 Å². The van der Waals surface area contributed by atoms with E-state index in [0.717, 1.165) is 28.1 Å². The Labute approximate surface area is 153 Å². The van der Waals surface area contributed by atoms with Gasteiger partial charge in [-0.3, -0.25) is 4.79 Å². The van der Waals surface area contributed by atoms with Crippen molar-refractivity contribution in [1.29, 1.82) is 0 Å². The van der Waals surface area contributed by atoms with Gasteiger partial charge in [0.25, 0.3) is 5.91 Å². The van der Waals surface area contributed by atoms with Gasteiger partial charge in [-0.05, 0) is 35.4 Å². The zero-order valence-corrected chi connectivity index (χ0v) is 14.6. The first-order valence-electron chi connectivity index (χ1n) is 8.57. The van der Waals surface area contributed by atoms with Crippen molar-refractivity contribution >= 4 is 17.7 Å². The molecule has 0 radical (unpaired) electrons. The molecule has 4 rings (SSSR count). The molecule has 0 saturated heterocycles. The Balaban J connectivity index is 1.82. The third kappa shape index (κ3) is 3.00. The number of hydrogen-bond acceptors (Lipinski definition) is 2. The highest BCUT2D eigenvalue weighted by atomic mass is 16.5. The first-order chi connectivity index (χ1) is 12.8. The maximum Gasteiger partial charge on any atom is 0.259 e. The SMILES string of the molecule is COc1ccc2c(c1)/C(=C/c1ccccc1)N(Cc1ccccc1)C2=O. The topological polar surface area (TPSA) is 29.5 Å². The minimum Gasteiger partial charge on any atom is -0.497 e. The molecule has 0 saturated carbocycles. The molecule has 0 spiro atoms. The van der Waals surface area contributed by atoms with Crippen molar-refractivity contribution in [3.63, 3.8) is 0 Å². The van der Waals surface area contributed by atoms with E-state index in [1.807, 2.05) is 83.8 Å². The number of carbonyl (C=O) groups excluding carboxylic acids is 1. The molecule has 3 nitrogen and oxygen atoms in total. The molecule has 0 bridgehead atoms. The summed E-state index contributed by atoms with van der Waals surface area (Å²) in [6.45, 7) is 0.537. The average molecular weight is 341 g/mol. The first kappa shape index (κ1) is 16.2. The molecular formula is C23H19NO2. The standard InChI is InChI=1S/C23H19NO2/c1-26-19-12-13-20-21(15-19)22(14-17-8-4-2-5-9-17)24(23(20)25)16-18-10-6-3-7-11-18/h2-15H,16H2,1H3/b22-14-. The van der Waals surface area contributed by atoms with Crippen molar-refractivity contribution in [3.8, 4) is 5.75 Å². The zero-order valence-electron chi connectivity index (χ0n) is 14.6. The summed E-state index contributed by atoms with van der Waals surface area (Å²) in [5.74, 6) is 0.769. The fourth-order valence-corrected chi connectivity index (χ4v) is 3.23. The van der Waals surface area contributed by atoms with Crippen molar-refractivity contribution in [3.05, 3.63) is 101 Å². The smallest absolute Gasteiger partial charge is 0.259 e. The van der Waals surface area contributed by atoms with E-state index in [1.54, 1.807) is 7.11 Å². The molecule has 0 aliphatic carbocycles. The third-order valence-electron chi connectivity index (χ3n) is 4.56. The average Bonchev–Trinajstić information content (AvgIpc) is 2.95. The quantitative estimate of drug-likeness (QED) is 0.679. The van der Waals surface area contributed by atoms with Crippen LogP contribution < -0.4 is 4.74 Å². The Morgan fingerprint density at radius 2 is 1.58 bits per heavy atom. The molecule has 128 valence electrons. The van der Waals surface area contributed by atoms with Crippen LogP contribution in [0.5, 0.6) is 5.75 Å². The molecule has 0 fully saturated rings. The maximum absolute atomic E-state index is 13.0. The Kier molecular flexibility index (Phi) is 4.28. The Morgan fingerprint density at radius 1 is 0.885 bits per heavy atom. The fourth-order valence-electron chi connectivity index (χ4n) is 3.23. The molecule has 1 aliphatic heterocycles. The van der Waals surface area contributed by atoms with Crippen LogP contribution in [-0.2, 0) is 6.54 Å². The van der Waals surface area contributed by atoms with E-state index < -0.39 is 0 Å². The van der Waals surface area contributed by atoms with Crippen molar-refractivity contribution < 1.29 is 9.53 Å². The molecule has 0 unspecified atom stereocenters. The maximum atomic E-state index is 13.0. The molecule has 0 atom stereocenters. The summed E-state index contributed by atoms with van der Waals surface area (Å²) < 4.78 is 5.37. The molecular weight excluding hydrogens is 322 g/mol. The number of benzene rings is 3. The Bertz CT molecular complexity index is 962. The van der Waals surface area contributed by atoms with E-state index in [-0.39, 0.29) is 5.91 Å². The van der Waals surface area contributed by atoms with Crippen LogP contribution >= 0.6 is 0 Å². The molecule has 3 aromatic rings. The van der Waals surface area contributed by atoms with Gasteiger partial charge in [-0.15, -0.1) is 0 Å². The second-order valence-electron chi connectivity index (χ2n) is 6.23. The lowest BCUT2D eigenvalue weighted by molar-refractivity contribution is 0.0843. The van der Waals surface area contributed by atoms with Crippen LogP contribution in [0.3, 0.4) is 0 Å². The monoisotopic (exact) mass is 341 g/mol. The van der Waals surface area contributed by atoms with Gasteiger partial charge in [-0.25, -0.2) is 0 Å². The molecule has 3 heteroatoms. The van der Waals surface area contributed by atoms with E-state index in [1.165, 1.54) is 0 Å². The number of rotatable bonds is 4. The zero-order chi connectivity index (χ0) is 17.9. The van der Waals surface area contributed by atoms with Crippen LogP contribution in [0.4, 0.5) is 0 Å². The second kappa shape index (κ2) is 6.89.